The van der Waals surface area contributed by atoms with Crippen molar-refractivity contribution in [1.82, 2.24) is 19.9 Å². The van der Waals surface area contributed by atoms with Crippen LogP contribution in [0.3, 0.4) is 0 Å². The Bertz CT molecular complexity index is 588. The standard InChI is InChI=1S/C17H24N4/c1-20(2)11-10-16-13-21(19-18-16)12-9-15-8-7-14-5-3-4-6-17(14)15/h3-6,13,15H,7-12H2,1-2H3. The molecule has 0 fully saturated rings. The second-order valence-corrected chi connectivity index (χ2v) is 6.25. The van der Waals surface area contributed by atoms with Gasteiger partial charge in [-0.05, 0) is 50.4 Å². The van der Waals surface area contributed by atoms with Gasteiger partial charge in [-0.25, -0.2) is 0 Å². The summed E-state index contributed by atoms with van der Waals surface area (Å²) in [5.41, 5.74) is 4.17. The second-order valence-electron chi connectivity index (χ2n) is 6.25. The number of hydrogen-bond donors (Lipinski definition) is 0. The highest BCUT2D eigenvalue weighted by Gasteiger charge is 2.21. The average Bonchev–Trinajstić information content (AvgIpc) is 3.10. The highest BCUT2D eigenvalue weighted by molar-refractivity contribution is 5.34. The first-order chi connectivity index (χ1) is 10.2. The molecule has 0 aliphatic heterocycles. The largest absolute Gasteiger partial charge is 0.309 e. The molecule has 1 atom stereocenters. The molecule has 0 spiro atoms. The molecule has 1 aromatic heterocycles. The van der Waals surface area contributed by atoms with E-state index in [-0.39, 0.29) is 0 Å². The summed E-state index contributed by atoms with van der Waals surface area (Å²) in [7, 11) is 4.17. The van der Waals surface area contributed by atoms with Crippen molar-refractivity contribution in [2.45, 2.75) is 38.1 Å². The van der Waals surface area contributed by atoms with Crippen LogP contribution in [0.25, 0.3) is 0 Å². The third-order valence-corrected chi connectivity index (χ3v) is 4.36. The molecule has 0 N–H and O–H groups in total. The predicted octanol–water partition coefficient (Wildman–Crippen LogP) is 2.50. The molecule has 4 nitrogen and oxygen atoms in total. The van der Waals surface area contributed by atoms with Crippen molar-refractivity contribution < 1.29 is 0 Å². The van der Waals surface area contributed by atoms with Crippen LogP contribution in [-0.4, -0.2) is 40.5 Å². The Morgan fingerprint density at radius 2 is 2.14 bits per heavy atom. The van der Waals surface area contributed by atoms with Crippen molar-refractivity contribution in [2.24, 2.45) is 0 Å². The van der Waals surface area contributed by atoms with E-state index in [4.69, 9.17) is 0 Å². The van der Waals surface area contributed by atoms with Crippen molar-refractivity contribution in [3.8, 4) is 0 Å². The van der Waals surface area contributed by atoms with E-state index >= 15 is 0 Å². The number of benzene rings is 1. The Kier molecular flexibility index (Phi) is 4.34. The van der Waals surface area contributed by atoms with Gasteiger partial charge in [0.25, 0.3) is 0 Å². The van der Waals surface area contributed by atoms with E-state index in [2.05, 4.69) is 59.8 Å². The van der Waals surface area contributed by atoms with Gasteiger partial charge in [0.2, 0.25) is 0 Å². The highest BCUT2D eigenvalue weighted by Crippen LogP contribution is 2.35. The Morgan fingerprint density at radius 3 is 3.00 bits per heavy atom. The Balaban J connectivity index is 1.54. The number of aryl methyl sites for hydroxylation is 2. The topological polar surface area (TPSA) is 34.0 Å². The molecule has 21 heavy (non-hydrogen) atoms. The second kappa shape index (κ2) is 6.39. The predicted molar refractivity (Wildman–Crippen MR) is 84.4 cm³/mol. The summed E-state index contributed by atoms with van der Waals surface area (Å²) in [4.78, 5) is 2.18. The molecule has 0 radical (unpaired) electrons. The van der Waals surface area contributed by atoms with Crippen molar-refractivity contribution in [1.29, 1.82) is 0 Å². The SMILES string of the molecule is CN(C)CCc1cn(CCC2CCc3ccccc32)nn1. The summed E-state index contributed by atoms with van der Waals surface area (Å²) in [6.45, 7) is 1.99. The average molecular weight is 284 g/mol. The van der Waals surface area contributed by atoms with Crippen LogP contribution >= 0.6 is 0 Å². The van der Waals surface area contributed by atoms with Gasteiger partial charge in [0.05, 0.1) is 5.69 Å². The van der Waals surface area contributed by atoms with Gasteiger partial charge in [-0.3, -0.25) is 4.68 Å². The fraction of sp³-hybridized carbons (Fsp3) is 0.529. The number of rotatable bonds is 6. The van der Waals surface area contributed by atoms with Crippen molar-refractivity contribution in [3.05, 3.63) is 47.3 Å². The van der Waals surface area contributed by atoms with Gasteiger partial charge < -0.3 is 4.90 Å². The van der Waals surface area contributed by atoms with Crippen LogP contribution in [0.1, 0.15) is 35.6 Å². The lowest BCUT2D eigenvalue weighted by Gasteiger charge is -2.10. The minimum absolute atomic E-state index is 0.690. The van der Waals surface area contributed by atoms with Crippen LogP contribution < -0.4 is 0 Å². The molecule has 1 unspecified atom stereocenters. The molecular weight excluding hydrogens is 260 g/mol. The molecule has 4 heteroatoms. The van der Waals surface area contributed by atoms with Crippen LogP contribution in [0.15, 0.2) is 30.5 Å². The molecule has 1 aromatic carbocycles. The lowest BCUT2D eigenvalue weighted by atomic mass is 9.98. The molecule has 3 rings (SSSR count). The minimum Gasteiger partial charge on any atom is -0.309 e. The first-order valence-corrected chi connectivity index (χ1v) is 7.84. The van der Waals surface area contributed by atoms with Crippen LogP contribution in [-0.2, 0) is 19.4 Å². The lowest BCUT2D eigenvalue weighted by Crippen LogP contribution is -2.15. The summed E-state index contributed by atoms with van der Waals surface area (Å²) in [5.74, 6) is 0.690. The molecule has 1 aliphatic rings. The molecule has 0 bridgehead atoms. The number of nitrogens with zero attached hydrogens (tertiary/aromatic N) is 4. The van der Waals surface area contributed by atoms with E-state index in [1.165, 1.54) is 18.4 Å². The normalized spacial score (nSPS) is 17.4. The molecule has 112 valence electrons. The maximum Gasteiger partial charge on any atom is 0.0839 e. The Morgan fingerprint density at radius 1 is 1.29 bits per heavy atom. The van der Waals surface area contributed by atoms with Gasteiger partial charge >= 0.3 is 0 Å². The minimum atomic E-state index is 0.690. The smallest absolute Gasteiger partial charge is 0.0839 e. The molecule has 1 aliphatic carbocycles. The van der Waals surface area contributed by atoms with Gasteiger partial charge in [-0.15, -0.1) is 5.10 Å². The maximum absolute atomic E-state index is 4.26. The van der Waals surface area contributed by atoms with Gasteiger partial charge in [0, 0.05) is 25.7 Å². The Labute approximate surface area is 126 Å². The summed E-state index contributed by atoms with van der Waals surface area (Å²) >= 11 is 0. The van der Waals surface area contributed by atoms with Crippen molar-refractivity contribution in [2.75, 3.05) is 20.6 Å². The highest BCUT2D eigenvalue weighted by atomic mass is 15.4. The van der Waals surface area contributed by atoms with E-state index < -0.39 is 0 Å². The number of likely N-dealkylation sites (N-methyl/N-ethyl adjacent to an activating group) is 1. The molecule has 0 amide bonds. The van der Waals surface area contributed by atoms with Crippen molar-refractivity contribution >= 4 is 0 Å². The number of fused-ring (bicyclic) bond motifs is 1. The number of aromatic nitrogens is 3. The first kappa shape index (κ1) is 14.3. The zero-order chi connectivity index (χ0) is 14.7. The molecule has 0 saturated carbocycles. The van der Waals surface area contributed by atoms with Gasteiger partial charge in [-0.2, -0.15) is 0 Å². The van der Waals surface area contributed by atoms with Crippen LogP contribution in [0.5, 0.6) is 0 Å². The molecule has 2 aromatic rings. The van der Waals surface area contributed by atoms with Crippen LogP contribution in [0.4, 0.5) is 0 Å². The molecular formula is C17H24N4. The summed E-state index contributed by atoms with van der Waals surface area (Å²) in [5, 5.41) is 8.52. The fourth-order valence-corrected chi connectivity index (χ4v) is 3.13. The first-order valence-electron chi connectivity index (χ1n) is 7.84. The van der Waals surface area contributed by atoms with E-state index in [9.17, 15) is 0 Å². The monoisotopic (exact) mass is 284 g/mol. The van der Waals surface area contributed by atoms with E-state index in [1.807, 2.05) is 4.68 Å². The van der Waals surface area contributed by atoms with Crippen LogP contribution in [0.2, 0.25) is 0 Å². The van der Waals surface area contributed by atoms with Crippen molar-refractivity contribution in [3.63, 3.8) is 0 Å². The van der Waals surface area contributed by atoms with Gasteiger partial charge in [0.15, 0.2) is 0 Å². The van der Waals surface area contributed by atoms with Gasteiger partial charge in [0.1, 0.15) is 0 Å². The number of hydrogen-bond acceptors (Lipinski definition) is 3. The quantitative estimate of drug-likeness (QED) is 0.817. The maximum atomic E-state index is 4.26. The van der Waals surface area contributed by atoms with Gasteiger partial charge in [-0.1, -0.05) is 29.5 Å². The third-order valence-electron chi connectivity index (χ3n) is 4.36. The molecule has 1 heterocycles. The third kappa shape index (κ3) is 3.50. The summed E-state index contributed by atoms with van der Waals surface area (Å²) in [6, 6.07) is 8.86. The summed E-state index contributed by atoms with van der Waals surface area (Å²) < 4.78 is 2.01. The zero-order valence-electron chi connectivity index (χ0n) is 13.0. The lowest BCUT2D eigenvalue weighted by molar-refractivity contribution is 0.411. The van der Waals surface area contributed by atoms with E-state index in [1.54, 1.807) is 5.56 Å². The zero-order valence-corrected chi connectivity index (χ0v) is 13.0. The van der Waals surface area contributed by atoms with E-state index in [0.29, 0.717) is 5.92 Å². The fourth-order valence-electron chi connectivity index (χ4n) is 3.13. The summed E-state index contributed by atoms with van der Waals surface area (Å²) in [6.07, 6.45) is 6.74. The van der Waals surface area contributed by atoms with E-state index in [0.717, 1.165) is 31.6 Å². The molecule has 0 saturated heterocycles. The van der Waals surface area contributed by atoms with Crippen LogP contribution in [0, 0.1) is 0 Å². The Hall–Kier alpha value is -1.68.